The van der Waals surface area contributed by atoms with E-state index in [1.165, 1.54) is 11.1 Å². The average molecular weight is 264 g/mol. The standard InChI is InChI=1S/C11H10BrN3/c12-11-6-5-8-3-1-2-4-9(8)10(11)7-14-15-13/h1-4H,5-7H2. The second-order valence-electron chi connectivity index (χ2n) is 3.43. The van der Waals surface area contributed by atoms with E-state index in [-0.39, 0.29) is 0 Å². The van der Waals surface area contributed by atoms with Gasteiger partial charge in [-0.3, -0.25) is 0 Å². The van der Waals surface area contributed by atoms with Crippen LogP contribution in [0.25, 0.3) is 16.0 Å². The molecule has 1 aromatic carbocycles. The van der Waals surface area contributed by atoms with Gasteiger partial charge < -0.3 is 0 Å². The Bertz CT molecular complexity index is 459. The first-order valence-electron chi connectivity index (χ1n) is 4.79. The number of hydrogen-bond donors (Lipinski definition) is 0. The van der Waals surface area contributed by atoms with Crippen molar-refractivity contribution in [3.05, 3.63) is 50.3 Å². The van der Waals surface area contributed by atoms with Crippen LogP contribution in [-0.4, -0.2) is 6.54 Å². The number of allylic oxidation sites excluding steroid dienone is 1. The van der Waals surface area contributed by atoms with E-state index in [4.69, 9.17) is 5.53 Å². The lowest BCUT2D eigenvalue weighted by atomic mass is 9.91. The van der Waals surface area contributed by atoms with Gasteiger partial charge in [-0.1, -0.05) is 45.3 Å². The minimum atomic E-state index is 0.425. The summed E-state index contributed by atoms with van der Waals surface area (Å²) in [5.41, 5.74) is 12.0. The van der Waals surface area contributed by atoms with Crippen molar-refractivity contribution in [2.24, 2.45) is 5.11 Å². The smallest absolute Gasteiger partial charge is 0.0524 e. The van der Waals surface area contributed by atoms with E-state index >= 15 is 0 Å². The predicted molar refractivity (Wildman–Crippen MR) is 64.6 cm³/mol. The molecule has 2 rings (SSSR count). The number of azide groups is 1. The quantitative estimate of drug-likeness (QED) is 0.439. The van der Waals surface area contributed by atoms with Gasteiger partial charge in [-0.05, 0) is 39.6 Å². The lowest BCUT2D eigenvalue weighted by Gasteiger charge is -2.19. The number of aryl methyl sites for hydroxylation is 1. The topological polar surface area (TPSA) is 48.8 Å². The van der Waals surface area contributed by atoms with Crippen LogP contribution in [0.2, 0.25) is 0 Å². The molecule has 0 bridgehead atoms. The summed E-state index contributed by atoms with van der Waals surface area (Å²) in [5.74, 6) is 0. The van der Waals surface area contributed by atoms with Gasteiger partial charge in [0.05, 0.1) is 6.54 Å². The number of hydrogen-bond acceptors (Lipinski definition) is 1. The molecule has 0 radical (unpaired) electrons. The second kappa shape index (κ2) is 4.51. The van der Waals surface area contributed by atoms with E-state index in [2.05, 4.69) is 38.1 Å². The normalized spacial score (nSPS) is 14.5. The number of benzene rings is 1. The third-order valence-electron chi connectivity index (χ3n) is 2.58. The van der Waals surface area contributed by atoms with E-state index < -0.39 is 0 Å². The van der Waals surface area contributed by atoms with E-state index in [0.29, 0.717) is 6.54 Å². The molecule has 1 aliphatic carbocycles. The zero-order valence-corrected chi connectivity index (χ0v) is 9.74. The maximum Gasteiger partial charge on any atom is 0.0524 e. The van der Waals surface area contributed by atoms with Crippen molar-refractivity contribution in [2.75, 3.05) is 6.54 Å². The Labute approximate surface area is 96.6 Å². The van der Waals surface area contributed by atoms with Crippen LogP contribution in [-0.2, 0) is 6.42 Å². The Balaban J connectivity index is 2.45. The molecule has 1 aliphatic rings. The van der Waals surface area contributed by atoms with Crippen LogP contribution in [0.5, 0.6) is 0 Å². The molecule has 0 atom stereocenters. The maximum atomic E-state index is 8.35. The van der Waals surface area contributed by atoms with Crippen molar-refractivity contribution < 1.29 is 0 Å². The Morgan fingerprint density at radius 1 is 1.33 bits per heavy atom. The Morgan fingerprint density at radius 2 is 2.13 bits per heavy atom. The predicted octanol–water partition coefficient (Wildman–Crippen LogP) is 4.05. The van der Waals surface area contributed by atoms with Crippen molar-refractivity contribution in [3.8, 4) is 0 Å². The lowest BCUT2D eigenvalue weighted by Crippen LogP contribution is -2.03. The first kappa shape index (κ1) is 10.3. The maximum absolute atomic E-state index is 8.35. The van der Waals surface area contributed by atoms with Crippen LogP contribution in [0.4, 0.5) is 0 Å². The van der Waals surface area contributed by atoms with E-state index in [1.54, 1.807) is 0 Å². The van der Waals surface area contributed by atoms with Crippen LogP contribution >= 0.6 is 15.9 Å². The van der Waals surface area contributed by atoms with E-state index in [0.717, 1.165) is 22.9 Å². The summed E-state index contributed by atoms with van der Waals surface area (Å²) in [6, 6.07) is 8.27. The molecule has 0 aromatic heterocycles. The summed E-state index contributed by atoms with van der Waals surface area (Å²) in [6.45, 7) is 0.425. The van der Waals surface area contributed by atoms with Gasteiger partial charge in [0.25, 0.3) is 0 Å². The fourth-order valence-electron chi connectivity index (χ4n) is 1.85. The summed E-state index contributed by atoms with van der Waals surface area (Å²) in [4.78, 5) is 2.81. The third kappa shape index (κ3) is 2.06. The first-order chi connectivity index (χ1) is 7.33. The zero-order valence-electron chi connectivity index (χ0n) is 8.15. The Morgan fingerprint density at radius 3 is 2.93 bits per heavy atom. The Kier molecular flexibility index (Phi) is 3.09. The molecule has 0 unspecified atom stereocenters. The molecule has 0 N–H and O–H groups in total. The fraction of sp³-hybridized carbons (Fsp3) is 0.273. The van der Waals surface area contributed by atoms with E-state index in [1.807, 2.05) is 12.1 Å². The van der Waals surface area contributed by atoms with Gasteiger partial charge >= 0.3 is 0 Å². The van der Waals surface area contributed by atoms with E-state index in [9.17, 15) is 0 Å². The van der Waals surface area contributed by atoms with Crippen LogP contribution in [0.3, 0.4) is 0 Å². The van der Waals surface area contributed by atoms with Gasteiger partial charge in [0.15, 0.2) is 0 Å². The lowest BCUT2D eigenvalue weighted by molar-refractivity contribution is 0.957. The Hall–Kier alpha value is -1.25. The molecule has 76 valence electrons. The zero-order chi connectivity index (χ0) is 10.7. The number of halogens is 1. The van der Waals surface area contributed by atoms with Crippen molar-refractivity contribution in [3.63, 3.8) is 0 Å². The summed E-state index contributed by atoms with van der Waals surface area (Å²) in [5, 5.41) is 3.64. The number of nitrogens with zero attached hydrogens (tertiary/aromatic N) is 3. The highest BCUT2D eigenvalue weighted by Crippen LogP contribution is 2.34. The molecule has 0 spiro atoms. The van der Waals surface area contributed by atoms with Gasteiger partial charge in [0.1, 0.15) is 0 Å². The van der Waals surface area contributed by atoms with Crippen LogP contribution in [0.1, 0.15) is 17.5 Å². The molecule has 0 saturated carbocycles. The van der Waals surface area contributed by atoms with Crippen LogP contribution in [0, 0.1) is 0 Å². The third-order valence-corrected chi connectivity index (χ3v) is 3.45. The molecule has 3 nitrogen and oxygen atoms in total. The minimum Gasteiger partial charge on any atom is -0.0892 e. The van der Waals surface area contributed by atoms with Gasteiger partial charge in [-0.2, -0.15) is 0 Å². The molecule has 0 amide bonds. The van der Waals surface area contributed by atoms with Crippen LogP contribution in [0.15, 0.2) is 33.9 Å². The fourth-order valence-corrected chi connectivity index (χ4v) is 2.38. The summed E-state index contributed by atoms with van der Waals surface area (Å²) >= 11 is 3.55. The minimum absolute atomic E-state index is 0.425. The summed E-state index contributed by atoms with van der Waals surface area (Å²) in [6.07, 6.45) is 2.05. The molecule has 0 heterocycles. The molecule has 15 heavy (non-hydrogen) atoms. The van der Waals surface area contributed by atoms with Crippen molar-refractivity contribution >= 4 is 21.5 Å². The molecular weight excluding hydrogens is 254 g/mol. The monoisotopic (exact) mass is 263 g/mol. The van der Waals surface area contributed by atoms with Crippen molar-refractivity contribution in [2.45, 2.75) is 12.8 Å². The molecule has 0 fully saturated rings. The van der Waals surface area contributed by atoms with Crippen LogP contribution < -0.4 is 0 Å². The molecule has 4 heteroatoms. The highest BCUT2D eigenvalue weighted by atomic mass is 79.9. The molecular formula is C11H10BrN3. The molecule has 0 saturated heterocycles. The van der Waals surface area contributed by atoms with Crippen molar-refractivity contribution in [1.82, 2.24) is 0 Å². The van der Waals surface area contributed by atoms with Gasteiger partial charge in [0.2, 0.25) is 0 Å². The number of fused-ring (bicyclic) bond motifs is 1. The second-order valence-corrected chi connectivity index (χ2v) is 4.39. The average Bonchev–Trinajstić information content (AvgIpc) is 2.28. The van der Waals surface area contributed by atoms with Gasteiger partial charge in [-0.15, -0.1) is 0 Å². The molecule has 0 aliphatic heterocycles. The largest absolute Gasteiger partial charge is 0.0892 e. The SMILES string of the molecule is [N-]=[N+]=NCC1=C(Br)CCc2ccccc21. The number of rotatable bonds is 2. The highest BCUT2D eigenvalue weighted by molar-refractivity contribution is 9.11. The van der Waals surface area contributed by atoms with Crippen molar-refractivity contribution in [1.29, 1.82) is 0 Å². The van der Waals surface area contributed by atoms with Gasteiger partial charge in [-0.25, -0.2) is 0 Å². The summed E-state index contributed by atoms with van der Waals surface area (Å²) < 4.78 is 1.16. The summed E-state index contributed by atoms with van der Waals surface area (Å²) in [7, 11) is 0. The molecule has 1 aromatic rings. The highest BCUT2D eigenvalue weighted by Gasteiger charge is 2.15. The van der Waals surface area contributed by atoms with Gasteiger partial charge in [0, 0.05) is 4.91 Å². The first-order valence-corrected chi connectivity index (χ1v) is 5.59.